The molecule has 11 heteroatoms. The van der Waals surface area contributed by atoms with Crippen LogP contribution in [0.15, 0.2) is 35.2 Å². The fourth-order valence-electron chi connectivity index (χ4n) is 3.39. The minimum absolute atomic E-state index is 0.000604. The van der Waals surface area contributed by atoms with Crippen molar-refractivity contribution >= 4 is 27.6 Å². The Morgan fingerprint density at radius 3 is 2.21 bits per heavy atom. The first-order chi connectivity index (χ1) is 15.7. The van der Waals surface area contributed by atoms with Gasteiger partial charge < -0.3 is 24.3 Å². The van der Waals surface area contributed by atoms with Crippen molar-refractivity contribution < 1.29 is 37.0 Å². The lowest BCUT2D eigenvalue weighted by molar-refractivity contribution is 0.0601. The predicted molar refractivity (Wildman–Crippen MR) is 120 cm³/mol. The van der Waals surface area contributed by atoms with Gasteiger partial charge in [0.25, 0.3) is 5.91 Å². The molecule has 1 aliphatic rings. The summed E-state index contributed by atoms with van der Waals surface area (Å²) in [6.45, 7) is 2.80. The van der Waals surface area contributed by atoms with Crippen LogP contribution >= 0.6 is 0 Å². The molecule has 1 heterocycles. The highest BCUT2D eigenvalue weighted by atomic mass is 32.2. The minimum Gasteiger partial charge on any atom is -0.493 e. The van der Waals surface area contributed by atoms with Gasteiger partial charge in [0.1, 0.15) is 0 Å². The van der Waals surface area contributed by atoms with Gasteiger partial charge in [0.15, 0.2) is 11.5 Å². The molecule has 0 saturated carbocycles. The Kier molecular flexibility index (Phi) is 7.57. The van der Waals surface area contributed by atoms with Crippen LogP contribution in [0.2, 0.25) is 0 Å². The van der Waals surface area contributed by atoms with Crippen LogP contribution in [0.3, 0.4) is 0 Å². The number of anilines is 1. The molecule has 0 radical (unpaired) electrons. The van der Waals surface area contributed by atoms with Crippen molar-refractivity contribution in [1.82, 2.24) is 4.31 Å². The molecular weight excluding hydrogens is 452 g/mol. The SMILES string of the molecule is COC(=O)c1cc(OC)c(OC)cc1NC(=O)c1cc(S(=O)(=O)N2CCOCC2)ccc1C. The molecule has 10 nitrogen and oxygen atoms in total. The molecule has 178 valence electrons. The van der Waals surface area contributed by atoms with Crippen LogP contribution in [0.25, 0.3) is 0 Å². The van der Waals surface area contributed by atoms with Crippen LogP contribution in [0.4, 0.5) is 5.69 Å². The van der Waals surface area contributed by atoms with Crippen molar-refractivity contribution in [3.05, 3.63) is 47.0 Å². The Morgan fingerprint density at radius 1 is 0.970 bits per heavy atom. The summed E-state index contributed by atoms with van der Waals surface area (Å²) >= 11 is 0. The Bertz CT molecular complexity index is 1160. The lowest BCUT2D eigenvalue weighted by atomic mass is 10.1. The number of methoxy groups -OCH3 is 3. The van der Waals surface area contributed by atoms with Gasteiger partial charge in [-0.15, -0.1) is 0 Å². The van der Waals surface area contributed by atoms with Crippen LogP contribution in [0, 0.1) is 6.92 Å². The van der Waals surface area contributed by atoms with Crippen LogP contribution in [0.1, 0.15) is 26.3 Å². The lowest BCUT2D eigenvalue weighted by Gasteiger charge is -2.26. The summed E-state index contributed by atoms with van der Waals surface area (Å²) in [5.41, 5.74) is 0.895. The highest BCUT2D eigenvalue weighted by Crippen LogP contribution is 2.34. The molecule has 0 aromatic heterocycles. The topological polar surface area (TPSA) is 120 Å². The first-order valence-electron chi connectivity index (χ1n) is 10.1. The van der Waals surface area contributed by atoms with Gasteiger partial charge in [-0.3, -0.25) is 4.79 Å². The molecular formula is C22H26N2O8S. The third kappa shape index (κ3) is 5.10. The molecule has 0 unspecified atom stereocenters. The van der Waals surface area contributed by atoms with Gasteiger partial charge >= 0.3 is 5.97 Å². The number of hydrogen-bond donors (Lipinski definition) is 1. The van der Waals surface area contributed by atoms with E-state index in [-0.39, 0.29) is 40.5 Å². The number of amides is 1. The molecule has 0 spiro atoms. The van der Waals surface area contributed by atoms with Crippen molar-refractivity contribution in [2.75, 3.05) is 52.9 Å². The summed E-state index contributed by atoms with van der Waals surface area (Å²) in [5.74, 6) is -0.706. The zero-order valence-corrected chi connectivity index (χ0v) is 19.7. The van der Waals surface area contributed by atoms with E-state index in [9.17, 15) is 18.0 Å². The monoisotopic (exact) mass is 478 g/mol. The summed E-state index contributed by atoms with van der Waals surface area (Å²) in [7, 11) is 0.266. The maximum atomic E-state index is 13.1. The summed E-state index contributed by atoms with van der Waals surface area (Å²) in [6.07, 6.45) is 0. The van der Waals surface area contributed by atoms with Crippen molar-refractivity contribution in [1.29, 1.82) is 0 Å². The molecule has 1 fully saturated rings. The molecule has 33 heavy (non-hydrogen) atoms. The van der Waals surface area contributed by atoms with Gasteiger partial charge in [0.05, 0.1) is 50.7 Å². The highest BCUT2D eigenvalue weighted by Gasteiger charge is 2.28. The first-order valence-corrected chi connectivity index (χ1v) is 11.5. The van der Waals surface area contributed by atoms with Gasteiger partial charge in [-0.05, 0) is 24.6 Å². The van der Waals surface area contributed by atoms with Crippen LogP contribution in [0.5, 0.6) is 11.5 Å². The number of hydrogen-bond acceptors (Lipinski definition) is 8. The third-order valence-corrected chi connectivity index (χ3v) is 7.13. The molecule has 0 bridgehead atoms. The van der Waals surface area contributed by atoms with Crippen molar-refractivity contribution in [3.8, 4) is 11.5 Å². The molecule has 3 rings (SSSR count). The summed E-state index contributed by atoms with van der Waals surface area (Å²) in [4.78, 5) is 25.4. The number of carbonyl (C=O) groups excluding carboxylic acids is 2. The predicted octanol–water partition coefficient (Wildman–Crippen LogP) is 2.07. The van der Waals surface area contributed by atoms with Crippen molar-refractivity contribution in [2.24, 2.45) is 0 Å². The number of esters is 1. The van der Waals surface area contributed by atoms with Crippen LogP contribution in [-0.4, -0.2) is 72.2 Å². The minimum atomic E-state index is -3.79. The van der Waals surface area contributed by atoms with E-state index in [1.54, 1.807) is 13.0 Å². The van der Waals surface area contributed by atoms with E-state index in [0.29, 0.717) is 24.5 Å². The van der Waals surface area contributed by atoms with Crippen molar-refractivity contribution in [3.63, 3.8) is 0 Å². The number of rotatable bonds is 7. The van der Waals surface area contributed by atoms with E-state index < -0.39 is 21.9 Å². The fraction of sp³-hybridized carbons (Fsp3) is 0.364. The summed E-state index contributed by atoms with van der Waals surface area (Å²) < 4.78 is 47.9. The number of benzene rings is 2. The number of nitrogens with zero attached hydrogens (tertiary/aromatic N) is 1. The fourth-order valence-corrected chi connectivity index (χ4v) is 4.83. The Hall–Kier alpha value is -3.15. The second kappa shape index (κ2) is 10.2. The molecule has 1 saturated heterocycles. The van der Waals surface area contributed by atoms with E-state index in [0.717, 1.165) is 0 Å². The quantitative estimate of drug-likeness (QED) is 0.601. The van der Waals surface area contributed by atoms with Gasteiger partial charge in [-0.1, -0.05) is 6.07 Å². The number of nitrogens with one attached hydrogen (secondary N) is 1. The Balaban J connectivity index is 1.98. The van der Waals surface area contributed by atoms with E-state index in [4.69, 9.17) is 18.9 Å². The molecule has 0 atom stereocenters. The molecule has 1 N–H and O–H groups in total. The van der Waals surface area contributed by atoms with Gasteiger partial charge in [0, 0.05) is 30.8 Å². The number of morpholine rings is 1. The van der Waals surface area contributed by atoms with E-state index >= 15 is 0 Å². The number of ether oxygens (including phenoxy) is 4. The standard InChI is InChI=1S/C22H26N2O8S/c1-14-5-6-15(33(27,28)24-7-9-32-10-8-24)11-16(14)21(25)23-18-13-20(30-3)19(29-2)12-17(18)22(26)31-4/h5-6,11-13H,7-10H2,1-4H3,(H,23,25). The van der Waals surface area contributed by atoms with Gasteiger partial charge in [-0.25, -0.2) is 13.2 Å². The van der Waals surface area contributed by atoms with E-state index in [1.807, 2.05) is 0 Å². The third-order valence-electron chi connectivity index (χ3n) is 5.24. The Morgan fingerprint density at radius 2 is 1.61 bits per heavy atom. The molecule has 0 aliphatic carbocycles. The smallest absolute Gasteiger partial charge is 0.340 e. The number of sulfonamides is 1. The lowest BCUT2D eigenvalue weighted by Crippen LogP contribution is -2.40. The second-order valence-electron chi connectivity index (χ2n) is 7.19. The van der Waals surface area contributed by atoms with Crippen LogP contribution in [-0.2, 0) is 19.5 Å². The average Bonchev–Trinajstić information content (AvgIpc) is 2.83. The largest absolute Gasteiger partial charge is 0.493 e. The zero-order valence-electron chi connectivity index (χ0n) is 18.8. The van der Waals surface area contributed by atoms with Crippen LogP contribution < -0.4 is 14.8 Å². The summed E-state index contributed by atoms with van der Waals surface area (Å²) in [6, 6.07) is 7.19. The zero-order chi connectivity index (χ0) is 24.2. The molecule has 2 aromatic carbocycles. The maximum absolute atomic E-state index is 13.1. The van der Waals surface area contributed by atoms with E-state index in [1.165, 1.54) is 49.9 Å². The van der Waals surface area contributed by atoms with Crippen molar-refractivity contribution in [2.45, 2.75) is 11.8 Å². The average molecular weight is 479 g/mol. The maximum Gasteiger partial charge on any atom is 0.340 e. The molecule has 2 aromatic rings. The first kappa shape index (κ1) is 24.5. The van der Waals surface area contributed by atoms with Gasteiger partial charge in [-0.2, -0.15) is 4.31 Å². The molecule has 1 aliphatic heterocycles. The second-order valence-corrected chi connectivity index (χ2v) is 9.13. The highest BCUT2D eigenvalue weighted by molar-refractivity contribution is 7.89. The number of carbonyl (C=O) groups is 2. The molecule has 1 amide bonds. The normalized spacial score (nSPS) is 14.4. The van der Waals surface area contributed by atoms with Gasteiger partial charge in [0.2, 0.25) is 10.0 Å². The summed E-state index contributed by atoms with van der Waals surface area (Å²) in [5, 5.41) is 2.66. The Labute approximate surface area is 192 Å². The van der Waals surface area contributed by atoms with E-state index in [2.05, 4.69) is 5.32 Å². The number of aryl methyl sites for hydroxylation is 1.